The molecule has 1 atom stereocenters. The fourth-order valence-electron chi connectivity index (χ4n) is 3.27. The van der Waals surface area contributed by atoms with Crippen LogP contribution >= 0.6 is 0 Å². The van der Waals surface area contributed by atoms with Crippen LogP contribution in [0, 0.1) is 12.8 Å². The van der Waals surface area contributed by atoms with Gasteiger partial charge in [-0.15, -0.1) is 0 Å². The lowest BCUT2D eigenvalue weighted by Gasteiger charge is -2.36. The van der Waals surface area contributed by atoms with Gasteiger partial charge >= 0.3 is 0 Å². The van der Waals surface area contributed by atoms with Gasteiger partial charge in [0.05, 0.1) is 19.1 Å². The zero-order chi connectivity index (χ0) is 17.1. The molecular formula is C17H22N2O5. The second kappa shape index (κ2) is 7.17. The normalized spacial score (nSPS) is 21.6. The Balaban J connectivity index is 1.69. The minimum absolute atomic E-state index is 0.0412. The molecule has 0 aromatic carbocycles. The van der Waals surface area contributed by atoms with Gasteiger partial charge in [-0.1, -0.05) is 0 Å². The first-order chi connectivity index (χ1) is 11.5. The van der Waals surface area contributed by atoms with E-state index < -0.39 is 0 Å². The molecule has 0 spiro atoms. The molecule has 24 heavy (non-hydrogen) atoms. The molecule has 7 nitrogen and oxygen atoms in total. The Kier molecular flexibility index (Phi) is 4.99. The van der Waals surface area contributed by atoms with Crippen LogP contribution in [0.25, 0.3) is 0 Å². The summed E-state index contributed by atoms with van der Waals surface area (Å²) >= 11 is 0. The van der Waals surface area contributed by atoms with Gasteiger partial charge in [0.2, 0.25) is 5.91 Å². The third-order valence-corrected chi connectivity index (χ3v) is 4.48. The molecule has 2 fully saturated rings. The summed E-state index contributed by atoms with van der Waals surface area (Å²) in [6.07, 6.45) is 1.54. The summed E-state index contributed by atoms with van der Waals surface area (Å²) < 4.78 is 10.7. The van der Waals surface area contributed by atoms with E-state index in [1.807, 2.05) is 4.90 Å². The van der Waals surface area contributed by atoms with Gasteiger partial charge in [0.25, 0.3) is 5.91 Å². The van der Waals surface area contributed by atoms with E-state index in [0.29, 0.717) is 45.2 Å². The average Bonchev–Trinajstić information content (AvgIpc) is 2.60. The number of aryl methyl sites for hydroxylation is 1. The molecule has 0 unspecified atom stereocenters. The van der Waals surface area contributed by atoms with E-state index in [-0.39, 0.29) is 28.9 Å². The highest BCUT2D eigenvalue weighted by Crippen LogP contribution is 2.21. The summed E-state index contributed by atoms with van der Waals surface area (Å²) in [7, 11) is 0. The van der Waals surface area contributed by atoms with Gasteiger partial charge in [0.15, 0.2) is 11.2 Å². The van der Waals surface area contributed by atoms with Crippen LogP contribution in [0.1, 0.15) is 29.2 Å². The summed E-state index contributed by atoms with van der Waals surface area (Å²) in [4.78, 5) is 40.2. The molecule has 2 aliphatic rings. The maximum absolute atomic E-state index is 12.6. The highest BCUT2D eigenvalue weighted by atomic mass is 16.5. The van der Waals surface area contributed by atoms with Crippen molar-refractivity contribution in [1.82, 2.24) is 9.80 Å². The largest absolute Gasteiger partial charge is 0.456 e. The molecule has 1 aromatic rings. The second-order valence-corrected chi connectivity index (χ2v) is 6.30. The van der Waals surface area contributed by atoms with Gasteiger partial charge < -0.3 is 19.0 Å². The van der Waals surface area contributed by atoms with Crippen LogP contribution in [0.4, 0.5) is 0 Å². The molecule has 3 rings (SSSR count). The van der Waals surface area contributed by atoms with Crippen molar-refractivity contribution < 1.29 is 18.7 Å². The number of carbonyl (C=O) groups excluding carboxylic acids is 2. The van der Waals surface area contributed by atoms with Gasteiger partial charge in [-0.2, -0.15) is 0 Å². The van der Waals surface area contributed by atoms with Gasteiger partial charge in [-0.05, 0) is 19.8 Å². The van der Waals surface area contributed by atoms with Crippen molar-refractivity contribution in [1.29, 1.82) is 0 Å². The zero-order valence-corrected chi connectivity index (χ0v) is 13.8. The summed E-state index contributed by atoms with van der Waals surface area (Å²) in [6.45, 7) is 4.92. The van der Waals surface area contributed by atoms with Gasteiger partial charge in [0.1, 0.15) is 5.76 Å². The Morgan fingerprint density at radius 1 is 1.12 bits per heavy atom. The average molecular weight is 334 g/mol. The molecule has 0 radical (unpaired) electrons. The van der Waals surface area contributed by atoms with Crippen LogP contribution in [0.3, 0.4) is 0 Å². The van der Waals surface area contributed by atoms with Crippen LogP contribution < -0.4 is 5.43 Å². The molecule has 1 aromatic heterocycles. The summed E-state index contributed by atoms with van der Waals surface area (Å²) in [5.41, 5.74) is -0.250. The number of amides is 2. The van der Waals surface area contributed by atoms with E-state index in [1.165, 1.54) is 12.1 Å². The molecule has 0 aliphatic carbocycles. The lowest BCUT2D eigenvalue weighted by molar-refractivity contribution is -0.141. The molecule has 3 heterocycles. The number of morpholine rings is 1. The lowest BCUT2D eigenvalue weighted by Crippen LogP contribution is -2.49. The standard InChI is InChI=1S/C17H22N2O5/c1-12-9-14(20)10-15(24-12)17(22)19-4-2-3-13(11-19)16(21)18-5-7-23-8-6-18/h9-10,13H,2-8,11H2,1H3/t13-/m0/s1. The Labute approximate surface area is 140 Å². The van der Waals surface area contributed by atoms with E-state index >= 15 is 0 Å². The van der Waals surface area contributed by atoms with Crippen molar-refractivity contribution in [2.75, 3.05) is 39.4 Å². The Bertz CT molecular complexity index is 678. The first kappa shape index (κ1) is 16.7. The predicted octanol–water partition coefficient (Wildman–Crippen LogP) is 0.659. The smallest absolute Gasteiger partial charge is 0.289 e. The van der Waals surface area contributed by atoms with Crippen molar-refractivity contribution in [3.8, 4) is 0 Å². The monoisotopic (exact) mass is 334 g/mol. The summed E-state index contributed by atoms with van der Waals surface area (Å²) in [5, 5.41) is 0. The van der Waals surface area contributed by atoms with Crippen molar-refractivity contribution in [2.24, 2.45) is 5.92 Å². The molecule has 2 amide bonds. The molecular weight excluding hydrogens is 312 g/mol. The molecule has 0 N–H and O–H groups in total. The van der Waals surface area contributed by atoms with E-state index in [1.54, 1.807) is 11.8 Å². The highest BCUT2D eigenvalue weighted by Gasteiger charge is 2.32. The van der Waals surface area contributed by atoms with Crippen molar-refractivity contribution in [3.63, 3.8) is 0 Å². The topological polar surface area (TPSA) is 80.1 Å². The van der Waals surface area contributed by atoms with Crippen LogP contribution in [0.5, 0.6) is 0 Å². The van der Waals surface area contributed by atoms with Crippen LogP contribution in [-0.2, 0) is 9.53 Å². The number of carbonyl (C=O) groups is 2. The first-order valence-electron chi connectivity index (χ1n) is 8.32. The lowest BCUT2D eigenvalue weighted by atomic mass is 9.96. The molecule has 7 heteroatoms. The molecule has 0 bridgehead atoms. The summed E-state index contributed by atoms with van der Waals surface area (Å²) in [5.74, 6) is 0.0115. The fourth-order valence-corrected chi connectivity index (χ4v) is 3.27. The Hall–Kier alpha value is -2.15. The van der Waals surface area contributed by atoms with Crippen LogP contribution in [0.2, 0.25) is 0 Å². The number of rotatable bonds is 2. The van der Waals surface area contributed by atoms with Crippen molar-refractivity contribution >= 4 is 11.8 Å². The number of nitrogens with zero attached hydrogens (tertiary/aromatic N) is 2. The molecule has 2 saturated heterocycles. The van der Waals surface area contributed by atoms with Gasteiger partial charge in [-0.25, -0.2) is 0 Å². The zero-order valence-electron chi connectivity index (χ0n) is 13.8. The predicted molar refractivity (Wildman–Crippen MR) is 85.7 cm³/mol. The Morgan fingerprint density at radius 2 is 1.88 bits per heavy atom. The number of hydrogen-bond donors (Lipinski definition) is 0. The Morgan fingerprint density at radius 3 is 2.58 bits per heavy atom. The number of likely N-dealkylation sites (tertiary alicyclic amines) is 1. The third-order valence-electron chi connectivity index (χ3n) is 4.48. The van der Waals surface area contributed by atoms with Crippen molar-refractivity contribution in [2.45, 2.75) is 19.8 Å². The van der Waals surface area contributed by atoms with Crippen molar-refractivity contribution in [3.05, 3.63) is 33.9 Å². The highest BCUT2D eigenvalue weighted by molar-refractivity contribution is 5.92. The van der Waals surface area contributed by atoms with Crippen LogP contribution in [-0.4, -0.2) is 61.0 Å². The summed E-state index contributed by atoms with van der Waals surface area (Å²) in [6, 6.07) is 2.56. The SMILES string of the molecule is Cc1cc(=O)cc(C(=O)N2CCC[C@H](C(=O)N3CCOCC3)C2)o1. The minimum Gasteiger partial charge on any atom is -0.456 e. The molecule has 0 saturated carbocycles. The van der Waals surface area contributed by atoms with Crippen LogP contribution in [0.15, 0.2) is 21.3 Å². The molecule has 2 aliphatic heterocycles. The quantitative estimate of drug-likeness (QED) is 0.794. The maximum Gasteiger partial charge on any atom is 0.289 e. The number of piperidine rings is 1. The minimum atomic E-state index is -0.324. The van der Waals surface area contributed by atoms with Gasteiger partial charge in [-0.3, -0.25) is 14.4 Å². The second-order valence-electron chi connectivity index (χ2n) is 6.30. The third kappa shape index (κ3) is 3.67. The van der Waals surface area contributed by atoms with E-state index in [4.69, 9.17) is 9.15 Å². The van der Waals surface area contributed by atoms with E-state index in [2.05, 4.69) is 0 Å². The number of ether oxygens (including phenoxy) is 1. The van der Waals surface area contributed by atoms with E-state index in [0.717, 1.165) is 12.8 Å². The first-order valence-corrected chi connectivity index (χ1v) is 8.32. The number of hydrogen-bond acceptors (Lipinski definition) is 5. The fraction of sp³-hybridized carbons (Fsp3) is 0.588. The van der Waals surface area contributed by atoms with Gasteiger partial charge in [0, 0.05) is 38.3 Å². The molecule has 130 valence electrons. The maximum atomic E-state index is 12.6. The van der Waals surface area contributed by atoms with E-state index in [9.17, 15) is 14.4 Å².